The van der Waals surface area contributed by atoms with Crippen molar-refractivity contribution in [3.8, 4) is 0 Å². The van der Waals surface area contributed by atoms with Gasteiger partial charge in [-0.05, 0) is 36.4 Å². The number of hydrogen-bond donors (Lipinski definition) is 2. The Morgan fingerprint density at radius 3 is 2.65 bits per heavy atom. The van der Waals surface area contributed by atoms with E-state index in [1.54, 1.807) is 29.2 Å². The van der Waals surface area contributed by atoms with Crippen LogP contribution in [0.15, 0.2) is 42.5 Å². The highest BCUT2D eigenvalue weighted by Crippen LogP contribution is 2.21. The highest BCUT2D eigenvalue weighted by Gasteiger charge is 2.21. The minimum absolute atomic E-state index is 0.00761. The smallest absolute Gasteiger partial charge is 0.321 e. The van der Waals surface area contributed by atoms with Gasteiger partial charge in [0.05, 0.1) is 0 Å². The van der Waals surface area contributed by atoms with Gasteiger partial charge in [0.15, 0.2) is 11.6 Å². The summed E-state index contributed by atoms with van der Waals surface area (Å²) >= 11 is 0. The number of nitrogens with one attached hydrogen (secondary N) is 2. The van der Waals surface area contributed by atoms with E-state index in [9.17, 15) is 18.4 Å². The summed E-state index contributed by atoms with van der Waals surface area (Å²) in [5.41, 5.74) is 1.10. The van der Waals surface area contributed by atoms with Crippen molar-refractivity contribution in [1.82, 2.24) is 5.32 Å². The van der Waals surface area contributed by atoms with Crippen LogP contribution in [0.1, 0.15) is 10.4 Å². The maximum absolute atomic E-state index is 13.2. The Kier molecular flexibility index (Phi) is 3.92. The minimum atomic E-state index is -1.08. The maximum Gasteiger partial charge on any atom is 0.321 e. The number of carbonyl (C=O) groups excluding carboxylic acids is 2. The van der Waals surface area contributed by atoms with Crippen LogP contribution >= 0.6 is 0 Å². The molecule has 0 bridgehead atoms. The number of rotatable bonds is 3. The molecule has 1 heterocycles. The molecular formula is C16H13F2N3O2. The predicted molar refractivity (Wildman–Crippen MR) is 81.5 cm³/mol. The fourth-order valence-electron chi connectivity index (χ4n) is 2.31. The van der Waals surface area contributed by atoms with Crippen molar-refractivity contribution < 1.29 is 18.4 Å². The van der Waals surface area contributed by atoms with Crippen LogP contribution in [0.25, 0.3) is 0 Å². The van der Waals surface area contributed by atoms with E-state index in [-0.39, 0.29) is 11.6 Å². The van der Waals surface area contributed by atoms with E-state index in [0.29, 0.717) is 24.5 Å². The summed E-state index contributed by atoms with van der Waals surface area (Å²) in [7, 11) is 0. The van der Waals surface area contributed by atoms with E-state index < -0.39 is 17.5 Å². The van der Waals surface area contributed by atoms with Crippen LogP contribution in [-0.4, -0.2) is 25.0 Å². The van der Waals surface area contributed by atoms with E-state index in [0.717, 1.165) is 12.1 Å². The molecule has 1 saturated heterocycles. The summed E-state index contributed by atoms with van der Waals surface area (Å²) in [6.45, 7) is 1.10. The maximum atomic E-state index is 13.2. The monoisotopic (exact) mass is 317 g/mol. The van der Waals surface area contributed by atoms with Gasteiger partial charge in [-0.1, -0.05) is 6.07 Å². The van der Waals surface area contributed by atoms with E-state index in [1.807, 2.05) is 0 Å². The molecule has 5 nitrogen and oxygen atoms in total. The molecule has 3 rings (SSSR count). The number of halogens is 2. The molecule has 0 spiro atoms. The topological polar surface area (TPSA) is 61.4 Å². The van der Waals surface area contributed by atoms with Crippen LogP contribution in [-0.2, 0) is 0 Å². The van der Waals surface area contributed by atoms with Crippen LogP contribution in [0.2, 0.25) is 0 Å². The van der Waals surface area contributed by atoms with Gasteiger partial charge in [-0.3, -0.25) is 9.69 Å². The van der Waals surface area contributed by atoms with Crippen LogP contribution in [0.5, 0.6) is 0 Å². The van der Waals surface area contributed by atoms with Crippen molar-refractivity contribution in [2.75, 3.05) is 23.3 Å². The molecule has 1 fully saturated rings. The third kappa shape index (κ3) is 3.13. The van der Waals surface area contributed by atoms with E-state index >= 15 is 0 Å². The molecule has 118 valence electrons. The Labute approximate surface area is 130 Å². The highest BCUT2D eigenvalue weighted by molar-refractivity contribution is 6.04. The molecule has 1 aliphatic heterocycles. The zero-order valence-electron chi connectivity index (χ0n) is 12.0. The zero-order chi connectivity index (χ0) is 16.4. The second-order valence-corrected chi connectivity index (χ2v) is 5.02. The van der Waals surface area contributed by atoms with Crippen molar-refractivity contribution in [1.29, 1.82) is 0 Å². The summed E-state index contributed by atoms with van der Waals surface area (Å²) in [6, 6.07) is 9.47. The van der Waals surface area contributed by atoms with Gasteiger partial charge in [0.25, 0.3) is 5.91 Å². The minimum Gasteiger partial charge on any atom is -0.336 e. The average Bonchev–Trinajstić information content (AvgIpc) is 2.96. The van der Waals surface area contributed by atoms with E-state index in [1.165, 1.54) is 6.07 Å². The summed E-state index contributed by atoms with van der Waals surface area (Å²) in [5.74, 6) is -2.66. The first-order valence-corrected chi connectivity index (χ1v) is 6.96. The molecule has 3 amide bonds. The molecule has 23 heavy (non-hydrogen) atoms. The number of hydrogen-bond acceptors (Lipinski definition) is 2. The molecule has 0 aliphatic carbocycles. The number of urea groups is 1. The summed E-state index contributed by atoms with van der Waals surface area (Å²) in [5, 5.41) is 5.29. The van der Waals surface area contributed by atoms with Crippen molar-refractivity contribution in [2.45, 2.75) is 0 Å². The van der Waals surface area contributed by atoms with Crippen LogP contribution in [0, 0.1) is 11.6 Å². The molecule has 2 aromatic carbocycles. The third-order valence-electron chi connectivity index (χ3n) is 3.45. The molecule has 0 atom stereocenters. The average molecular weight is 317 g/mol. The first-order valence-electron chi connectivity index (χ1n) is 6.96. The Bertz CT molecular complexity index is 780. The summed E-state index contributed by atoms with van der Waals surface area (Å²) in [6.07, 6.45) is 0. The number of carbonyl (C=O) groups is 2. The molecule has 2 aromatic rings. The molecule has 0 saturated carbocycles. The molecule has 0 aromatic heterocycles. The summed E-state index contributed by atoms with van der Waals surface area (Å²) < 4.78 is 26.1. The van der Waals surface area contributed by atoms with Crippen molar-refractivity contribution >= 4 is 23.3 Å². The lowest BCUT2D eigenvalue weighted by Gasteiger charge is -2.15. The van der Waals surface area contributed by atoms with Crippen LogP contribution in [0.3, 0.4) is 0 Å². The number of anilines is 2. The van der Waals surface area contributed by atoms with Gasteiger partial charge in [-0.25, -0.2) is 13.6 Å². The SMILES string of the molecule is O=C(Nc1cccc(N2CCNC2=O)c1)c1ccc(F)c(F)c1. The second-order valence-electron chi connectivity index (χ2n) is 5.02. The van der Waals surface area contributed by atoms with Crippen LogP contribution in [0.4, 0.5) is 25.0 Å². The Hall–Kier alpha value is -2.96. The lowest BCUT2D eigenvalue weighted by Crippen LogP contribution is -2.27. The van der Waals surface area contributed by atoms with Crippen molar-refractivity contribution in [3.05, 3.63) is 59.7 Å². The molecular weight excluding hydrogens is 304 g/mol. The quantitative estimate of drug-likeness (QED) is 0.914. The van der Waals surface area contributed by atoms with Gasteiger partial charge in [0, 0.05) is 30.0 Å². The van der Waals surface area contributed by atoms with Gasteiger partial charge in [-0.15, -0.1) is 0 Å². The van der Waals surface area contributed by atoms with Crippen molar-refractivity contribution in [3.63, 3.8) is 0 Å². The Morgan fingerprint density at radius 1 is 1.13 bits per heavy atom. The third-order valence-corrected chi connectivity index (χ3v) is 3.45. The Morgan fingerprint density at radius 2 is 1.96 bits per heavy atom. The molecule has 0 radical (unpaired) electrons. The van der Waals surface area contributed by atoms with E-state index in [4.69, 9.17) is 0 Å². The first kappa shape index (κ1) is 15.0. The fraction of sp³-hybridized carbons (Fsp3) is 0.125. The molecule has 1 aliphatic rings. The van der Waals surface area contributed by atoms with Crippen molar-refractivity contribution in [2.24, 2.45) is 0 Å². The van der Waals surface area contributed by atoms with Gasteiger partial charge in [0.1, 0.15) is 0 Å². The van der Waals surface area contributed by atoms with Gasteiger partial charge in [-0.2, -0.15) is 0 Å². The second kappa shape index (κ2) is 6.04. The largest absolute Gasteiger partial charge is 0.336 e. The number of nitrogens with zero attached hydrogens (tertiary/aromatic N) is 1. The Balaban J connectivity index is 1.78. The van der Waals surface area contributed by atoms with E-state index in [2.05, 4.69) is 10.6 Å². The zero-order valence-corrected chi connectivity index (χ0v) is 12.0. The number of amides is 3. The highest BCUT2D eigenvalue weighted by atomic mass is 19.2. The molecule has 7 heteroatoms. The predicted octanol–water partition coefficient (Wildman–Crippen LogP) is 2.75. The van der Waals surface area contributed by atoms with Gasteiger partial charge >= 0.3 is 6.03 Å². The lowest BCUT2D eigenvalue weighted by atomic mass is 10.2. The summed E-state index contributed by atoms with van der Waals surface area (Å²) in [4.78, 5) is 25.3. The normalized spacial score (nSPS) is 13.8. The first-order chi connectivity index (χ1) is 11.0. The lowest BCUT2D eigenvalue weighted by molar-refractivity contribution is 0.102. The van der Waals surface area contributed by atoms with Gasteiger partial charge < -0.3 is 10.6 Å². The van der Waals surface area contributed by atoms with Gasteiger partial charge in [0.2, 0.25) is 0 Å². The number of benzene rings is 2. The molecule has 2 N–H and O–H groups in total. The standard InChI is InChI=1S/C16H13F2N3O2/c17-13-5-4-10(8-14(13)18)15(22)20-11-2-1-3-12(9-11)21-7-6-19-16(21)23/h1-5,8-9H,6-7H2,(H,19,23)(H,20,22). The fourth-order valence-corrected chi connectivity index (χ4v) is 2.31. The van der Waals surface area contributed by atoms with Crippen LogP contribution < -0.4 is 15.5 Å². The molecule has 0 unspecified atom stereocenters.